The van der Waals surface area contributed by atoms with Crippen LogP contribution in [0, 0.1) is 0 Å². The molecule has 0 aliphatic heterocycles. The Labute approximate surface area is 174 Å². The molecule has 0 spiro atoms. The SMILES string of the molecule is CCNC(=NCc1cccc(OC)c1O)NCCC(C)N(C)Cc1ccccc1. The van der Waals surface area contributed by atoms with E-state index < -0.39 is 0 Å². The first-order valence-electron chi connectivity index (χ1n) is 10.2. The lowest BCUT2D eigenvalue weighted by Crippen LogP contribution is -2.40. The molecule has 6 heteroatoms. The van der Waals surface area contributed by atoms with Crippen molar-refractivity contribution in [1.82, 2.24) is 15.5 Å². The largest absolute Gasteiger partial charge is 0.504 e. The van der Waals surface area contributed by atoms with Crippen LogP contribution in [-0.2, 0) is 13.1 Å². The Morgan fingerprint density at radius 2 is 1.90 bits per heavy atom. The number of rotatable bonds is 10. The molecule has 2 aromatic rings. The Balaban J connectivity index is 1.86. The van der Waals surface area contributed by atoms with Gasteiger partial charge < -0.3 is 20.5 Å². The van der Waals surface area contributed by atoms with Crippen molar-refractivity contribution in [1.29, 1.82) is 0 Å². The molecular weight excluding hydrogens is 364 g/mol. The van der Waals surface area contributed by atoms with Gasteiger partial charge in [-0.2, -0.15) is 0 Å². The van der Waals surface area contributed by atoms with E-state index in [9.17, 15) is 5.11 Å². The van der Waals surface area contributed by atoms with Crippen LogP contribution in [0.5, 0.6) is 11.5 Å². The summed E-state index contributed by atoms with van der Waals surface area (Å²) in [4.78, 5) is 6.95. The summed E-state index contributed by atoms with van der Waals surface area (Å²) in [5.41, 5.74) is 2.06. The van der Waals surface area contributed by atoms with E-state index in [-0.39, 0.29) is 5.75 Å². The third-order valence-electron chi connectivity index (χ3n) is 4.94. The highest BCUT2D eigenvalue weighted by Crippen LogP contribution is 2.29. The Hall–Kier alpha value is -2.73. The van der Waals surface area contributed by atoms with Crippen LogP contribution in [0.1, 0.15) is 31.4 Å². The standard InChI is InChI=1S/C23H34N4O2/c1-5-24-23(26-16-20-12-9-13-21(29-4)22(20)28)25-15-14-18(2)27(3)17-19-10-7-6-8-11-19/h6-13,18,28H,5,14-17H2,1-4H3,(H2,24,25,26). The van der Waals surface area contributed by atoms with Crippen LogP contribution >= 0.6 is 0 Å². The maximum absolute atomic E-state index is 10.2. The van der Waals surface area contributed by atoms with Gasteiger partial charge in [-0.15, -0.1) is 0 Å². The first-order valence-corrected chi connectivity index (χ1v) is 10.2. The lowest BCUT2D eigenvalue weighted by atomic mass is 10.1. The van der Waals surface area contributed by atoms with Crippen molar-refractivity contribution in [2.24, 2.45) is 4.99 Å². The number of nitrogens with zero attached hydrogens (tertiary/aromatic N) is 2. The Morgan fingerprint density at radius 3 is 2.59 bits per heavy atom. The first-order chi connectivity index (χ1) is 14.0. The molecule has 0 heterocycles. The van der Waals surface area contributed by atoms with Crippen molar-refractivity contribution in [2.75, 3.05) is 27.2 Å². The second kappa shape index (κ2) is 12.0. The molecular formula is C23H34N4O2. The van der Waals surface area contributed by atoms with Gasteiger partial charge >= 0.3 is 0 Å². The molecule has 3 N–H and O–H groups in total. The predicted molar refractivity (Wildman–Crippen MR) is 119 cm³/mol. The van der Waals surface area contributed by atoms with Gasteiger partial charge in [-0.25, -0.2) is 4.99 Å². The highest BCUT2D eigenvalue weighted by Gasteiger charge is 2.10. The van der Waals surface area contributed by atoms with Crippen LogP contribution in [0.2, 0.25) is 0 Å². The molecule has 1 atom stereocenters. The molecule has 1 unspecified atom stereocenters. The molecule has 0 saturated carbocycles. The maximum Gasteiger partial charge on any atom is 0.191 e. The zero-order chi connectivity index (χ0) is 21.1. The van der Waals surface area contributed by atoms with Crippen molar-refractivity contribution in [3.8, 4) is 11.5 Å². The van der Waals surface area contributed by atoms with Crippen LogP contribution in [0.3, 0.4) is 0 Å². The molecule has 0 saturated heterocycles. The van der Waals surface area contributed by atoms with E-state index in [4.69, 9.17) is 4.74 Å². The molecule has 0 fully saturated rings. The number of hydrogen-bond acceptors (Lipinski definition) is 4. The summed E-state index contributed by atoms with van der Waals surface area (Å²) in [6.07, 6.45) is 0.998. The van der Waals surface area contributed by atoms with Crippen molar-refractivity contribution >= 4 is 5.96 Å². The first kappa shape index (κ1) is 22.6. The number of aromatic hydroxyl groups is 1. The third-order valence-corrected chi connectivity index (χ3v) is 4.94. The number of guanidine groups is 1. The number of methoxy groups -OCH3 is 1. The Morgan fingerprint density at radius 1 is 1.14 bits per heavy atom. The highest BCUT2D eigenvalue weighted by molar-refractivity contribution is 5.79. The molecule has 0 aliphatic carbocycles. The van der Waals surface area contributed by atoms with Gasteiger partial charge in [0.15, 0.2) is 17.5 Å². The van der Waals surface area contributed by atoms with Gasteiger partial charge in [-0.3, -0.25) is 4.90 Å². The fraction of sp³-hybridized carbons (Fsp3) is 0.435. The number of phenols is 1. The second-order valence-electron chi connectivity index (χ2n) is 7.13. The van der Waals surface area contributed by atoms with Crippen LogP contribution in [0.15, 0.2) is 53.5 Å². The van der Waals surface area contributed by atoms with Gasteiger partial charge in [0.25, 0.3) is 0 Å². The highest BCUT2D eigenvalue weighted by atomic mass is 16.5. The fourth-order valence-electron chi connectivity index (χ4n) is 3.01. The van der Waals surface area contributed by atoms with E-state index in [2.05, 4.69) is 58.8 Å². The van der Waals surface area contributed by atoms with E-state index in [1.54, 1.807) is 13.2 Å². The van der Waals surface area contributed by atoms with E-state index >= 15 is 0 Å². The minimum absolute atomic E-state index is 0.144. The minimum atomic E-state index is 0.144. The topological polar surface area (TPSA) is 69.1 Å². The van der Waals surface area contributed by atoms with Crippen molar-refractivity contribution in [3.63, 3.8) is 0 Å². The van der Waals surface area contributed by atoms with Crippen LogP contribution in [-0.4, -0.2) is 49.3 Å². The molecule has 0 aromatic heterocycles. The van der Waals surface area contributed by atoms with Crippen LogP contribution < -0.4 is 15.4 Å². The average molecular weight is 399 g/mol. The van der Waals surface area contributed by atoms with E-state index in [0.29, 0.717) is 18.3 Å². The number of aliphatic imine (C=N–C) groups is 1. The van der Waals surface area contributed by atoms with E-state index in [1.807, 2.05) is 25.1 Å². The number of phenolic OH excluding ortho intramolecular Hbond substituents is 1. The van der Waals surface area contributed by atoms with Crippen LogP contribution in [0.25, 0.3) is 0 Å². The summed E-state index contributed by atoms with van der Waals surface area (Å²) < 4.78 is 5.16. The lowest BCUT2D eigenvalue weighted by Gasteiger charge is -2.25. The Bertz CT molecular complexity index is 765. The second-order valence-corrected chi connectivity index (χ2v) is 7.13. The molecule has 0 aliphatic rings. The molecule has 2 rings (SSSR count). The normalized spacial score (nSPS) is 12.7. The summed E-state index contributed by atoms with van der Waals surface area (Å²) in [6.45, 7) is 7.18. The molecule has 0 amide bonds. The average Bonchev–Trinajstić information content (AvgIpc) is 2.73. The van der Waals surface area contributed by atoms with Gasteiger partial charge in [0.2, 0.25) is 0 Å². The summed E-state index contributed by atoms with van der Waals surface area (Å²) >= 11 is 0. The van der Waals surface area contributed by atoms with E-state index in [0.717, 1.165) is 37.6 Å². The van der Waals surface area contributed by atoms with Gasteiger partial charge in [0, 0.05) is 31.2 Å². The summed E-state index contributed by atoms with van der Waals surface area (Å²) in [7, 11) is 3.70. The molecule has 0 radical (unpaired) electrons. The molecule has 6 nitrogen and oxygen atoms in total. The third kappa shape index (κ3) is 7.31. The fourth-order valence-corrected chi connectivity index (χ4v) is 3.01. The smallest absolute Gasteiger partial charge is 0.191 e. The molecule has 29 heavy (non-hydrogen) atoms. The lowest BCUT2D eigenvalue weighted by molar-refractivity contribution is 0.238. The number of para-hydroxylation sites is 1. The summed E-state index contributed by atoms with van der Waals surface area (Å²) in [6, 6.07) is 16.4. The van der Waals surface area contributed by atoms with E-state index in [1.165, 1.54) is 5.56 Å². The Kier molecular flexibility index (Phi) is 9.31. The minimum Gasteiger partial charge on any atom is -0.504 e. The van der Waals surface area contributed by atoms with Crippen molar-refractivity contribution in [2.45, 2.75) is 39.4 Å². The van der Waals surface area contributed by atoms with Crippen molar-refractivity contribution < 1.29 is 9.84 Å². The summed E-state index contributed by atoms with van der Waals surface area (Å²) in [5, 5.41) is 16.9. The van der Waals surface area contributed by atoms with Gasteiger partial charge in [0.05, 0.1) is 13.7 Å². The summed E-state index contributed by atoms with van der Waals surface area (Å²) in [5.74, 6) is 1.35. The van der Waals surface area contributed by atoms with Gasteiger partial charge in [-0.05, 0) is 38.9 Å². The molecule has 2 aromatic carbocycles. The van der Waals surface area contributed by atoms with Gasteiger partial charge in [0.1, 0.15) is 0 Å². The predicted octanol–water partition coefficient (Wildman–Crippen LogP) is 3.37. The van der Waals surface area contributed by atoms with Crippen LogP contribution in [0.4, 0.5) is 0 Å². The van der Waals surface area contributed by atoms with Gasteiger partial charge in [-0.1, -0.05) is 42.5 Å². The molecule has 0 bridgehead atoms. The monoisotopic (exact) mass is 398 g/mol. The zero-order valence-corrected chi connectivity index (χ0v) is 18.0. The zero-order valence-electron chi connectivity index (χ0n) is 18.0. The van der Waals surface area contributed by atoms with Crippen molar-refractivity contribution in [3.05, 3.63) is 59.7 Å². The number of hydrogen-bond donors (Lipinski definition) is 3. The quantitative estimate of drug-likeness (QED) is 0.423. The number of benzene rings is 2. The number of ether oxygens (including phenoxy) is 1. The molecule has 158 valence electrons. The maximum atomic E-state index is 10.2. The number of nitrogens with one attached hydrogen (secondary N) is 2.